The number of piperidine rings is 1. The topological polar surface area (TPSA) is 75.9 Å². The Hall–Kier alpha value is -2.51. The molecular weight excluding hydrogens is 323 g/mol. The van der Waals surface area contributed by atoms with Crippen LogP contribution in [0.25, 0.3) is 5.69 Å². The van der Waals surface area contributed by atoms with Crippen LogP contribution >= 0.6 is 0 Å². The van der Waals surface area contributed by atoms with E-state index in [4.69, 9.17) is 0 Å². The molecule has 0 spiro atoms. The summed E-state index contributed by atoms with van der Waals surface area (Å²) in [5.74, 6) is 0.150. The minimum Gasteiger partial charge on any atom is -0.376 e. The van der Waals surface area contributed by atoms with Gasteiger partial charge < -0.3 is 10.2 Å². The van der Waals surface area contributed by atoms with Crippen molar-refractivity contribution in [3.05, 3.63) is 29.8 Å². The highest BCUT2D eigenvalue weighted by Crippen LogP contribution is 2.21. The third-order valence-electron chi connectivity index (χ3n) is 4.66. The lowest BCUT2D eigenvalue weighted by Crippen LogP contribution is -2.45. The van der Waals surface area contributed by atoms with E-state index < -0.39 is 5.82 Å². The van der Waals surface area contributed by atoms with E-state index in [1.165, 1.54) is 17.2 Å². The Morgan fingerprint density at radius 1 is 1.40 bits per heavy atom. The molecule has 0 saturated carbocycles. The second-order valence-electron chi connectivity index (χ2n) is 6.30. The monoisotopic (exact) mass is 346 g/mol. The molecule has 2 aromatic rings. The fourth-order valence-electron chi connectivity index (χ4n) is 3.27. The first-order chi connectivity index (χ1) is 12.1. The number of carbonyl (C=O) groups is 1. The highest BCUT2D eigenvalue weighted by Gasteiger charge is 2.24. The van der Waals surface area contributed by atoms with Crippen LogP contribution in [-0.2, 0) is 4.79 Å². The number of amides is 1. The lowest BCUT2D eigenvalue weighted by atomic mass is 10.00. The summed E-state index contributed by atoms with van der Waals surface area (Å²) in [5, 5.41) is 14.2. The molecular formula is C17H23FN6O. The first kappa shape index (κ1) is 17.3. The molecule has 2 heterocycles. The lowest BCUT2D eigenvalue weighted by molar-refractivity contribution is -0.133. The van der Waals surface area contributed by atoms with Crippen molar-refractivity contribution in [1.29, 1.82) is 0 Å². The number of rotatable bonds is 5. The minimum absolute atomic E-state index is 0.0797. The highest BCUT2D eigenvalue weighted by atomic mass is 19.1. The van der Waals surface area contributed by atoms with Crippen LogP contribution in [0.5, 0.6) is 0 Å². The second kappa shape index (κ2) is 7.58. The number of aromatic nitrogens is 4. The third-order valence-corrected chi connectivity index (χ3v) is 4.66. The van der Waals surface area contributed by atoms with E-state index in [1.807, 2.05) is 4.90 Å². The van der Waals surface area contributed by atoms with Crippen LogP contribution in [0.1, 0.15) is 38.4 Å². The molecule has 1 atom stereocenters. The number of halogens is 1. The molecule has 1 N–H and O–H groups in total. The summed E-state index contributed by atoms with van der Waals surface area (Å²) < 4.78 is 15.4. The number of tetrazole rings is 1. The maximum Gasteiger partial charge on any atom is 0.242 e. The Bertz CT molecular complexity index is 746. The zero-order valence-corrected chi connectivity index (χ0v) is 14.6. The van der Waals surface area contributed by atoms with Gasteiger partial charge in [-0.15, -0.1) is 5.10 Å². The van der Waals surface area contributed by atoms with Crippen molar-refractivity contribution in [2.45, 2.75) is 45.6 Å². The van der Waals surface area contributed by atoms with E-state index in [0.717, 1.165) is 25.8 Å². The fourth-order valence-corrected chi connectivity index (χ4v) is 3.27. The van der Waals surface area contributed by atoms with Gasteiger partial charge in [-0.1, -0.05) is 6.92 Å². The zero-order valence-electron chi connectivity index (χ0n) is 14.6. The van der Waals surface area contributed by atoms with Crippen molar-refractivity contribution in [1.82, 2.24) is 25.1 Å². The molecule has 7 nitrogen and oxygen atoms in total. The van der Waals surface area contributed by atoms with E-state index in [1.54, 1.807) is 19.1 Å². The minimum atomic E-state index is -0.422. The number of anilines is 1. The number of likely N-dealkylation sites (tertiary alicyclic amines) is 1. The van der Waals surface area contributed by atoms with Crippen molar-refractivity contribution in [2.24, 2.45) is 0 Å². The van der Waals surface area contributed by atoms with Crippen LogP contribution in [0.15, 0.2) is 18.2 Å². The predicted molar refractivity (Wildman–Crippen MR) is 92.0 cm³/mol. The van der Waals surface area contributed by atoms with Crippen LogP contribution in [0.3, 0.4) is 0 Å². The summed E-state index contributed by atoms with van der Waals surface area (Å²) in [6.45, 7) is 4.82. The van der Waals surface area contributed by atoms with Gasteiger partial charge in [0, 0.05) is 18.3 Å². The Balaban J connectivity index is 1.69. The lowest BCUT2D eigenvalue weighted by Gasteiger charge is -2.35. The maximum atomic E-state index is 14.1. The molecule has 1 aliphatic rings. The first-order valence-electron chi connectivity index (χ1n) is 8.68. The fraction of sp³-hybridized carbons (Fsp3) is 0.529. The summed E-state index contributed by atoms with van der Waals surface area (Å²) in [7, 11) is 0. The van der Waals surface area contributed by atoms with Gasteiger partial charge in [-0.25, -0.2) is 4.39 Å². The second-order valence-corrected chi connectivity index (χ2v) is 6.30. The van der Waals surface area contributed by atoms with Crippen molar-refractivity contribution in [3.63, 3.8) is 0 Å². The molecule has 1 aliphatic heterocycles. The van der Waals surface area contributed by atoms with E-state index in [2.05, 4.69) is 27.8 Å². The smallest absolute Gasteiger partial charge is 0.242 e. The Morgan fingerprint density at radius 3 is 2.96 bits per heavy atom. The maximum absolute atomic E-state index is 14.1. The summed E-state index contributed by atoms with van der Waals surface area (Å²) in [5.41, 5.74) is 0.911. The third kappa shape index (κ3) is 3.78. The number of benzene rings is 1. The van der Waals surface area contributed by atoms with E-state index >= 15 is 0 Å². The number of nitrogens with zero attached hydrogens (tertiary/aromatic N) is 5. The van der Waals surface area contributed by atoms with Gasteiger partial charge in [0.05, 0.1) is 6.54 Å². The Morgan fingerprint density at radius 2 is 2.24 bits per heavy atom. The van der Waals surface area contributed by atoms with Gasteiger partial charge in [0.15, 0.2) is 5.82 Å². The van der Waals surface area contributed by atoms with Gasteiger partial charge >= 0.3 is 0 Å². The largest absolute Gasteiger partial charge is 0.376 e. The van der Waals surface area contributed by atoms with Crippen LogP contribution < -0.4 is 5.32 Å². The van der Waals surface area contributed by atoms with Gasteiger partial charge in [0.2, 0.25) is 5.91 Å². The molecule has 0 radical (unpaired) electrons. The van der Waals surface area contributed by atoms with Crippen LogP contribution in [0.2, 0.25) is 0 Å². The van der Waals surface area contributed by atoms with Crippen LogP contribution in [0.4, 0.5) is 10.1 Å². The number of hydrogen-bond donors (Lipinski definition) is 1. The van der Waals surface area contributed by atoms with Crippen molar-refractivity contribution in [2.75, 3.05) is 18.4 Å². The Labute approximate surface area is 146 Å². The summed E-state index contributed by atoms with van der Waals surface area (Å²) in [6, 6.07) is 4.90. The quantitative estimate of drug-likeness (QED) is 0.899. The molecule has 1 aromatic carbocycles. The summed E-state index contributed by atoms with van der Waals surface area (Å²) >= 11 is 0. The van der Waals surface area contributed by atoms with Gasteiger partial charge in [-0.2, -0.15) is 4.68 Å². The van der Waals surface area contributed by atoms with Crippen molar-refractivity contribution >= 4 is 11.6 Å². The molecule has 25 heavy (non-hydrogen) atoms. The molecule has 1 fully saturated rings. The molecule has 134 valence electrons. The average Bonchev–Trinajstić information content (AvgIpc) is 3.06. The van der Waals surface area contributed by atoms with Crippen LogP contribution in [-0.4, -0.2) is 50.1 Å². The number of hydrogen-bond acceptors (Lipinski definition) is 5. The van der Waals surface area contributed by atoms with Crippen molar-refractivity contribution in [3.8, 4) is 5.69 Å². The molecule has 0 aliphatic carbocycles. The number of aryl methyl sites for hydroxylation is 1. The highest BCUT2D eigenvalue weighted by molar-refractivity contribution is 5.81. The predicted octanol–water partition coefficient (Wildman–Crippen LogP) is 2.31. The number of carbonyl (C=O) groups excluding carboxylic acids is 1. The average molecular weight is 346 g/mol. The molecule has 1 unspecified atom stereocenters. The van der Waals surface area contributed by atoms with Gasteiger partial charge in [-0.05, 0) is 61.2 Å². The molecule has 1 saturated heterocycles. The molecule has 8 heteroatoms. The standard InChI is InChI=1S/C17H23FN6O/c1-3-14-6-4-5-9-23(14)17(25)11-19-13-7-8-15(18)16(10-13)24-12(2)20-21-22-24/h7-8,10,14,19H,3-6,9,11H2,1-2H3. The number of nitrogens with one attached hydrogen (secondary N) is 1. The summed E-state index contributed by atoms with van der Waals surface area (Å²) in [4.78, 5) is 14.5. The SMILES string of the molecule is CCC1CCCCN1C(=O)CNc1ccc(F)c(-n2nnnc2C)c1. The van der Waals surface area contributed by atoms with Gasteiger partial charge in [0.25, 0.3) is 0 Å². The first-order valence-corrected chi connectivity index (χ1v) is 8.68. The van der Waals surface area contributed by atoms with E-state index in [-0.39, 0.29) is 18.1 Å². The normalized spacial score (nSPS) is 17.6. The zero-order chi connectivity index (χ0) is 17.8. The van der Waals surface area contributed by atoms with Gasteiger partial charge in [0.1, 0.15) is 11.5 Å². The molecule has 1 aromatic heterocycles. The van der Waals surface area contributed by atoms with E-state index in [0.29, 0.717) is 17.6 Å². The van der Waals surface area contributed by atoms with Crippen LogP contribution in [0, 0.1) is 12.7 Å². The summed E-state index contributed by atoms with van der Waals surface area (Å²) in [6.07, 6.45) is 4.29. The van der Waals surface area contributed by atoms with Gasteiger partial charge in [-0.3, -0.25) is 4.79 Å². The molecule has 1 amide bonds. The van der Waals surface area contributed by atoms with E-state index in [9.17, 15) is 9.18 Å². The molecule has 3 rings (SSSR count). The van der Waals surface area contributed by atoms with Crippen molar-refractivity contribution < 1.29 is 9.18 Å². The molecule has 0 bridgehead atoms. The Kier molecular flexibility index (Phi) is 5.25.